The molecule has 1 aliphatic rings. The predicted molar refractivity (Wildman–Crippen MR) is 82.5 cm³/mol. The van der Waals surface area contributed by atoms with E-state index in [9.17, 15) is 35.9 Å². The lowest BCUT2D eigenvalue weighted by atomic mass is 10.1. The van der Waals surface area contributed by atoms with Gasteiger partial charge < -0.3 is 15.5 Å². The second-order valence-electron chi connectivity index (χ2n) is 5.58. The summed E-state index contributed by atoms with van der Waals surface area (Å²) in [6, 6.07) is 1.45. The van der Waals surface area contributed by atoms with Gasteiger partial charge in [-0.05, 0) is 18.6 Å². The monoisotopic (exact) mass is 417 g/mol. The van der Waals surface area contributed by atoms with Gasteiger partial charge in [0.25, 0.3) is 5.91 Å². The highest BCUT2D eigenvalue weighted by Gasteiger charge is 2.46. The normalized spacial score (nSPS) is 17.3. The van der Waals surface area contributed by atoms with Crippen LogP contribution in [0.1, 0.15) is 26.5 Å². The fourth-order valence-corrected chi connectivity index (χ4v) is 3.13. The van der Waals surface area contributed by atoms with Crippen molar-refractivity contribution < 1.29 is 40.8 Å². The van der Waals surface area contributed by atoms with Crippen molar-refractivity contribution in [3.8, 4) is 0 Å². The van der Waals surface area contributed by atoms with Gasteiger partial charge in [-0.15, -0.1) is 11.3 Å². The Morgan fingerprint density at radius 2 is 1.93 bits per heavy atom. The van der Waals surface area contributed by atoms with Crippen molar-refractivity contribution in [1.29, 1.82) is 0 Å². The summed E-state index contributed by atoms with van der Waals surface area (Å²) in [4.78, 5) is 28.1. The Hall–Kier alpha value is -2.31. The second-order valence-corrected chi connectivity index (χ2v) is 6.63. The minimum atomic E-state index is -4.57. The van der Waals surface area contributed by atoms with Crippen LogP contribution in [0.25, 0.3) is 0 Å². The van der Waals surface area contributed by atoms with Crippen molar-refractivity contribution >= 4 is 28.9 Å². The molecule has 2 heterocycles. The van der Waals surface area contributed by atoms with E-state index in [2.05, 4.69) is 15.3 Å². The van der Waals surface area contributed by atoms with Gasteiger partial charge >= 0.3 is 12.4 Å². The Kier molecular flexibility index (Phi) is 6.02. The van der Waals surface area contributed by atoms with Crippen molar-refractivity contribution in [3.63, 3.8) is 0 Å². The van der Waals surface area contributed by atoms with Crippen LogP contribution in [0.15, 0.2) is 11.2 Å². The zero-order valence-corrected chi connectivity index (χ0v) is 14.4. The molecule has 0 spiro atoms. The van der Waals surface area contributed by atoms with E-state index in [0.29, 0.717) is 10.4 Å². The molecule has 0 saturated carbocycles. The maximum absolute atomic E-state index is 12.6. The number of oxime groups is 1. The number of rotatable bonds is 5. The summed E-state index contributed by atoms with van der Waals surface area (Å²) in [5.41, 5.74) is 0.453. The third kappa shape index (κ3) is 5.84. The van der Waals surface area contributed by atoms with Gasteiger partial charge in [-0.25, -0.2) is 0 Å². The van der Waals surface area contributed by atoms with Crippen LogP contribution in [0.5, 0.6) is 0 Å². The van der Waals surface area contributed by atoms with Gasteiger partial charge in [-0.1, -0.05) is 5.16 Å². The lowest BCUT2D eigenvalue weighted by Gasteiger charge is -2.11. The Morgan fingerprint density at radius 1 is 1.26 bits per heavy atom. The highest BCUT2D eigenvalue weighted by molar-refractivity contribution is 7.16. The van der Waals surface area contributed by atoms with E-state index < -0.39 is 49.8 Å². The molecule has 0 fully saturated rings. The molecule has 2 N–H and O–H groups in total. The molecular formula is C14H13F6N3O3S. The lowest BCUT2D eigenvalue weighted by Crippen LogP contribution is -2.40. The topological polar surface area (TPSA) is 79.8 Å². The third-order valence-corrected chi connectivity index (χ3v) is 4.62. The van der Waals surface area contributed by atoms with E-state index in [1.807, 2.05) is 0 Å². The molecule has 0 radical (unpaired) electrons. The molecule has 1 atom stereocenters. The molecule has 0 aromatic carbocycles. The first-order chi connectivity index (χ1) is 12.4. The Balaban J connectivity index is 1.94. The summed E-state index contributed by atoms with van der Waals surface area (Å²) in [6.07, 6.45) is -11.7. The maximum atomic E-state index is 12.6. The number of hydrogen-bond donors (Lipinski definition) is 2. The molecule has 13 heteroatoms. The molecule has 1 unspecified atom stereocenters. The number of aryl methyl sites for hydroxylation is 1. The number of halogens is 6. The smallest absolute Gasteiger partial charge is 0.382 e. The number of amides is 2. The fraction of sp³-hybridized carbons (Fsp3) is 0.500. The number of carbonyl (C=O) groups is 2. The van der Waals surface area contributed by atoms with E-state index in [1.54, 1.807) is 5.32 Å². The second kappa shape index (κ2) is 7.74. The van der Waals surface area contributed by atoms with Gasteiger partial charge in [0.15, 0.2) is 0 Å². The van der Waals surface area contributed by atoms with Crippen LogP contribution in [0.2, 0.25) is 0 Å². The number of carbonyl (C=O) groups excluding carboxylic acids is 2. The summed E-state index contributed by atoms with van der Waals surface area (Å²) in [7, 11) is 0. The van der Waals surface area contributed by atoms with Gasteiger partial charge in [-0.3, -0.25) is 9.59 Å². The van der Waals surface area contributed by atoms with E-state index in [4.69, 9.17) is 0 Å². The summed E-state index contributed by atoms with van der Waals surface area (Å²) in [5, 5.41) is 7.14. The Morgan fingerprint density at radius 3 is 2.48 bits per heavy atom. The van der Waals surface area contributed by atoms with Gasteiger partial charge in [0.1, 0.15) is 12.3 Å². The zero-order valence-electron chi connectivity index (χ0n) is 13.6. The molecular weight excluding hydrogens is 404 g/mol. The van der Waals surface area contributed by atoms with E-state index in [-0.39, 0.29) is 10.6 Å². The molecule has 2 amide bonds. The molecule has 27 heavy (non-hydrogen) atoms. The fourth-order valence-electron chi connectivity index (χ4n) is 2.05. The third-order valence-electron chi connectivity index (χ3n) is 3.34. The van der Waals surface area contributed by atoms with E-state index in [0.717, 1.165) is 11.3 Å². The molecule has 1 aliphatic heterocycles. The average molecular weight is 417 g/mol. The van der Waals surface area contributed by atoms with Crippen LogP contribution in [0.4, 0.5) is 26.3 Å². The minimum Gasteiger partial charge on any atom is -0.382 e. The average Bonchev–Trinajstić information content (AvgIpc) is 3.16. The first-order valence-corrected chi connectivity index (χ1v) is 8.20. The molecule has 1 aromatic heterocycles. The number of alkyl halides is 6. The first kappa shape index (κ1) is 21.0. The van der Waals surface area contributed by atoms with Gasteiger partial charge in [0.2, 0.25) is 12.0 Å². The summed E-state index contributed by atoms with van der Waals surface area (Å²) in [6.45, 7) is -0.678. The van der Waals surface area contributed by atoms with Crippen LogP contribution in [0.3, 0.4) is 0 Å². The quantitative estimate of drug-likeness (QED) is 0.723. The van der Waals surface area contributed by atoms with Crippen LogP contribution in [-0.2, 0) is 9.63 Å². The predicted octanol–water partition coefficient (Wildman–Crippen LogP) is 2.52. The van der Waals surface area contributed by atoms with Crippen molar-refractivity contribution in [2.45, 2.75) is 31.8 Å². The molecule has 2 rings (SSSR count). The lowest BCUT2D eigenvalue weighted by molar-refractivity contribution is -0.212. The van der Waals surface area contributed by atoms with Crippen molar-refractivity contribution in [2.24, 2.45) is 5.16 Å². The Bertz CT molecular complexity index is 756. The SMILES string of the molecule is Cc1cc(C2=NOC(C(F)(F)F)C2)sc1C(=O)NCC(=O)NCC(F)(F)F. The minimum absolute atomic E-state index is 0.0346. The van der Waals surface area contributed by atoms with Crippen molar-refractivity contribution in [3.05, 3.63) is 21.4 Å². The van der Waals surface area contributed by atoms with Gasteiger partial charge in [-0.2, -0.15) is 26.3 Å². The number of hydrogen-bond acceptors (Lipinski definition) is 5. The number of thiophene rings is 1. The molecule has 0 saturated heterocycles. The standard InChI is InChI=1S/C14H13F6N3O3S/c1-6-2-8(7-3-9(26-23-7)14(18,19)20)27-11(6)12(25)21-4-10(24)22-5-13(15,16)17/h2,9H,3-5H2,1H3,(H,21,25)(H,22,24). The highest BCUT2D eigenvalue weighted by atomic mass is 32.1. The van der Waals surface area contributed by atoms with Crippen LogP contribution >= 0.6 is 11.3 Å². The highest BCUT2D eigenvalue weighted by Crippen LogP contribution is 2.33. The largest absolute Gasteiger partial charge is 0.428 e. The number of nitrogens with zero attached hydrogens (tertiary/aromatic N) is 1. The Labute approximate surface area is 152 Å². The van der Waals surface area contributed by atoms with Crippen molar-refractivity contribution in [1.82, 2.24) is 10.6 Å². The maximum Gasteiger partial charge on any atom is 0.428 e. The van der Waals surface area contributed by atoms with E-state index in [1.165, 1.54) is 13.0 Å². The molecule has 0 aliphatic carbocycles. The molecule has 150 valence electrons. The van der Waals surface area contributed by atoms with E-state index >= 15 is 0 Å². The van der Waals surface area contributed by atoms with Crippen molar-refractivity contribution in [2.75, 3.05) is 13.1 Å². The van der Waals surface area contributed by atoms with Crippen LogP contribution < -0.4 is 10.6 Å². The van der Waals surface area contributed by atoms with Gasteiger partial charge in [0.05, 0.1) is 16.3 Å². The van der Waals surface area contributed by atoms with Gasteiger partial charge in [0, 0.05) is 6.42 Å². The first-order valence-electron chi connectivity index (χ1n) is 7.38. The molecule has 1 aromatic rings. The zero-order chi connectivity index (χ0) is 20.4. The summed E-state index contributed by atoms with van der Waals surface area (Å²) in [5.74, 6) is -1.77. The van der Waals surface area contributed by atoms with Crippen LogP contribution in [0, 0.1) is 6.92 Å². The molecule has 6 nitrogen and oxygen atoms in total. The molecule has 0 bridgehead atoms. The summed E-state index contributed by atoms with van der Waals surface area (Å²) < 4.78 is 73.8. The summed E-state index contributed by atoms with van der Waals surface area (Å²) >= 11 is 0.845. The van der Waals surface area contributed by atoms with Crippen LogP contribution in [-0.4, -0.2) is 49.1 Å². The number of nitrogens with one attached hydrogen (secondary N) is 2.